The minimum absolute atomic E-state index is 0.0888. The van der Waals surface area contributed by atoms with Gasteiger partial charge in [0, 0.05) is 5.69 Å². The third-order valence-electron chi connectivity index (χ3n) is 3.98. The molecule has 0 aromatic carbocycles. The number of aromatic hydroxyl groups is 1. The molecule has 3 nitrogen and oxygen atoms in total. The van der Waals surface area contributed by atoms with Crippen molar-refractivity contribution in [2.75, 3.05) is 0 Å². The highest BCUT2D eigenvalue weighted by Gasteiger charge is 2.03. The van der Waals surface area contributed by atoms with E-state index in [9.17, 15) is 10.2 Å². The van der Waals surface area contributed by atoms with Crippen LogP contribution in [-0.2, 0) is 6.42 Å². The minimum Gasteiger partial charge on any atom is -0.506 e. The maximum atomic E-state index is 9.75. The van der Waals surface area contributed by atoms with Crippen LogP contribution in [0.2, 0.25) is 0 Å². The van der Waals surface area contributed by atoms with Crippen LogP contribution in [0.25, 0.3) is 0 Å². The lowest BCUT2D eigenvalue weighted by molar-refractivity contribution is 0.148. The van der Waals surface area contributed by atoms with Crippen LogP contribution in [0.1, 0.15) is 76.1 Å². The van der Waals surface area contributed by atoms with E-state index in [1.807, 2.05) is 13.0 Å². The molecule has 0 saturated carbocycles. The predicted octanol–water partition coefficient (Wildman–Crippen LogP) is 4.53. The molecule has 0 spiro atoms. The lowest BCUT2D eigenvalue weighted by atomic mass is 10.0. The maximum absolute atomic E-state index is 9.75. The fourth-order valence-electron chi connectivity index (χ4n) is 2.55. The summed E-state index contributed by atoms with van der Waals surface area (Å²) in [6.45, 7) is 4.00. The molecule has 2 N–H and O–H groups in total. The summed E-state index contributed by atoms with van der Waals surface area (Å²) >= 11 is 0. The smallest absolute Gasteiger partial charge is 0.136 e. The Morgan fingerprint density at radius 1 is 1.00 bits per heavy atom. The standard InChI is InChI=1S/C18H31NO2/c1-3-4-11-17(20)12-9-7-5-6-8-10-16-13-14-18(21)15(2)19-16/h13-14,17,20-21H,3-12H2,1-2H3/t17-/m0/s1. The van der Waals surface area contributed by atoms with Crippen LogP contribution in [0.3, 0.4) is 0 Å². The molecule has 1 atom stereocenters. The van der Waals surface area contributed by atoms with Gasteiger partial charge in [0.2, 0.25) is 0 Å². The van der Waals surface area contributed by atoms with E-state index in [2.05, 4.69) is 11.9 Å². The van der Waals surface area contributed by atoms with Crippen molar-refractivity contribution < 1.29 is 10.2 Å². The number of aromatic nitrogens is 1. The third-order valence-corrected chi connectivity index (χ3v) is 3.98. The number of rotatable bonds is 11. The molecule has 0 radical (unpaired) electrons. The van der Waals surface area contributed by atoms with Crippen molar-refractivity contribution in [3.63, 3.8) is 0 Å². The molecule has 3 heteroatoms. The van der Waals surface area contributed by atoms with Crippen LogP contribution in [0.4, 0.5) is 0 Å². The van der Waals surface area contributed by atoms with Gasteiger partial charge < -0.3 is 10.2 Å². The molecule has 0 aliphatic heterocycles. The van der Waals surface area contributed by atoms with Gasteiger partial charge in [-0.1, -0.05) is 45.4 Å². The molecule has 1 aromatic rings. The molecule has 0 fully saturated rings. The Bertz CT molecular complexity index is 393. The van der Waals surface area contributed by atoms with Gasteiger partial charge in [-0.2, -0.15) is 0 Å². The Kier molecular flexibility index (Phi) is 9.07. The van der Waals surface area contributed by atoms with Crippen molar-refractivity contribution in [2.24, 2.45) is 0 Å². The van der Waals surface area contributed by atoms with Crippen LogP contribution in [0.15, 0.2) is 12.1 Å². The zero-order chi connectivity index (χ0) is 15.5. The van der Waals surface area contributed by atoms with E-state index in [-0.39, 0.29) is 11.9 Å². The van der Waals surface area contributed by atoms with E-state index in [1.165, 1.54) is 25.7 Å². The average molecular weight is 293 g/mol. The molecule has 0 aliphatic rings. The number of hydrogen-bond donors (Lipinski definition) is 2. The summed E-state index contributed by atoms with van der Waals surface area (Å²) in [6, 6.07) is 3.64. The summed E-state index contributed by atoms with van der Waals surface area (Å²) in [5, 5.41) is 19.2. The van der Waals surface area contributed by atoms with Gasteiger partial charge in [0.1, 0.15) is 5.75 Å². The molecule has 1 rings (SSSR count). The fraction of sp³-hybridized carbons (Fsp3) is 0.722. The quantitative estimate of drug-likeness (QED) is 0.589. The average Bonchev–Trinajstić information content (AvgIpc) is 2.47. The predicted molar refractivity (Wildman–Crippen MR) is 87.6 cm³/mol. The lowest BCUT2D eigenvalue weighted by Gasteiger charge is -2.09. The first-order valence-electron chi connectivity index (χ1n) is 8.47. The molecule has 120 valence electrons. The van der Waals surface area contributed by atoms with Crippen molar-refractivity contribution in [3.8, 4) is 5.75 Å². The van der Waals surface area contributed by atoms with E-state index in [0.29, 0.717) is 5.69 Å². The number of hydrogen-bond acceptors (Lipinski definition) is 3. The number of nitrogens with zero attached hydrogens (tertiary/aromatic N) is 1. The summed E-state index contributed by atoms with van der Waals surface area (Å²) in [4.78, 5) is 4.38. The summed E-state index contributed by atoms with van der Waals surface area (Å²) in [5.41, 5.74) is 1.79. The summed E-state index contributed by atoms with van der Waals surface area (Å²) < 4.78 is 0. The highest BCUT2D eigenvalue weighted by Crippen LogP contribution is 2.16. The molecular weight excluding hydrogens is 262 g/mol. The van der Waals surface area contributed by atoms with E-state index >= 15 is 0 Å². The Morgan fingerprint density at radius 2 is 1.67 bits per heavy atom. The Hall–Kier alpha value is -1.09. The van der Waals surface area contributed by atoms with Crippen molar-refractivity contribution in [3.05, 3.63) is 23.5 Å². The third kappa shape index (κ3) is 8.05. The molecular formula is C18H31NO2. The van der Waals surface area contributed by atoms with Crippen LogP contribution in [0.5, 0.6) is 5.75 Å². The van der Waals surface area contributed by atoms with Gasteiger partial charge >= 0.3 is 0 Å². The van der Waals surface area contributed by atoms with E-state index in [0.717, 1.165) is 44.2 Å². The van der Waals surface area contributed by atoms with Crippen molar-refractivity contribution >= 4 is 0 Å². The SMILES string of the molecule is CCCC[C@H](O)CCCCCCCc1ccc(O)c(C)n1. The lowest BCUT2D eigenvalue weighted by Crippen LogP contribution is -2.05. The van der Waals surface area contributed by atoms with Gasteiger partial charge in [-0.15, -0.1) is 0 Å². The second kappa shape index (κ2) is 10.6. The van der Waals surface area contributed by atoms with E-state index in [4.69, 9.17) is 0 Å². The molecule has 0 bridgehead atoms. The second-order valence-electron chi connectivity index (χ2n) is 6.01. The van der Waals surface area contributed by atoms with Crippen LogP contribution < -0.4 is 0 Å². The first kappa shape index (κ1) is 18.0. The molecule has 0 amide bonds. The monoisotopic (exact) mass is 293 g/mol. The Morgan fingerprint density at radius 3 is 2.38 bits per heavy atom. The topological polar surface area (TPSA) is 53.4 Å². The number of aliphatic hydroxyl groups excluding tert-OH is 1. The molecule has 1 aromatic heterocycles. The van der Waals surface area contributed by atoms with Gasteiger partial charge in [-0.3, -0.25) is 4.98 Å². The van der Waals surface area contributed by atoms with Gasteiger partial charge in [0.15, 0.2) is 0 Å². The Labute approximate surface area is 129 Å². The van der Waals surface area contributed by atoms with E-state index in [1.54, 1.807) is 6.07 Å². The van der Waals surface area contributed by atoms with Gasteiger partial charge in [0.05, 0.1) is 11.8 Å². The molecule has 1 heterocycles. The Balaban J connectivity index is 2.00. The number of aliphatic hydroxyl groups is 1. The fourth-order valence-corrected chi connectivity index (χ4v) is 2.55. The summed E-state index contributed by atoms with van der Waals surface area (Å²) in [5.74, 6) is 0.278. The van der Waals surface area contributed by atoms with Crippen LogP contribution >= 0.6 is 0 Å². The number of aryl methyl sites for hydroxylation is 2. The van der Waals surface area contributed by atoms with Crippen molar-refractivity contribution in [1.29, 1.82) is 0 Å². The summed E-state index contributed by atoms with van der Waals surface area (Å²) in [6.07, 6.45) is 11.1. The van der Waals surface area contributed by atoms with Gasteiger partial charge in [-0.05, 0) is 44.7 Å². The normalized spacial score (nSPS) is 12.5. The minimum atomic E-state index is -0.0888. The molecule has 0 saturated heterocycles. The van der Waals surface area contributed by atoms with Crippen molar-refractivity contribution in [2.45, 2.75) is 84.2 Å². The second-order valence-corrected chi connectivity index (χ2v) is 6.01. The number of unbranched alkanes of at least 4 members (excludes halogenated alkanes) is 5. The zero-order valence-electron chi connectivity index (χ0n) is 13.6. The highest BCUT2D eigenvalue weighted by molar-refractivity contribution is 5.26. The largest absolute Gasteiger partial charge is 0.506 e. The van der Waals surface area contributed by atoms with Crippen LogP contribution in [-0.4, -0.2) is 21.3 Å². The summed E-state index contributed by atoms with van der Waals surface area (Å²) in [7, 11) is 0. The van der Waals surface area contributed by atoms with Crippen LogP contribution in [0, 0.1) is 6.92 Å². The number of pyridine rings is 1. The zero-order valence-corrected chi connectivity index (χ0v) is 13.6. The molecule has 0 aliphatic carbocycles. The van der Waals surface area contributed by atoms with Crippen molar-refractivity contribution in [1.82, 2.24) is 4.98 Å². The van der Waals surface area contributed by atoms with Gasteiger partial charge in [0.25, 0.3) is 0 Å². The first-order chi connectivity index (χ1) is 10.1. The van der Waals surface area contributed by atoms with E-state index < -0.39 is 0 Å². The highest BCUT2D eigenvalue weighted by atomic mass is 16.3. The first-order valence-corrected chi connectivity index (χ1v) is 8.47. The van der Waals surface area contributed by atoms with Gasteiger partial charge in [-0.25, -0.2) is 0 Å². The molecule has 21 heavy (non-hydrogen) atoms. The maximum Gasteiger partial charge on any atom is 0.136 e. The molecule has 0 unspecified atom stereocenters.